The molecule has 0 aromatic heterocycles. The molecule has 0 atom stereocenters. The van der Waals surface area contributed by atoms with Gasteiger partial charge in [-0.15, -0.1) is 0 Å². The molecule has 0 aliphatic rings. The van der Waals surface area contributed by atoms with Gasteiger partial charge in [-0.3, -0.25) is 0 Å². The summed E-state index contributed by atoms with van der Waals surface area (Å²) in [5.41, 5.74) is 1.23. The Bertz CT molecular complexity index is 301. The predicted octanol–water partition coefficient (Wildman–Crippen LogP) is 3.44. The van der Waals surface area contributed by atoms with Gasteiger partial charge in [-0.25, -0.2) is 0 Å². The van der Waals surface area contributed by atoms with E-state index >= 15 is 0 Å². The monoisotopic (exact) mass is 222 g/mol. The Labute approximate surface area is 98.6 Å². The zero-order chi connectivity index (χ0) is 12.0. The number of hydrogen-bond donors (Lipinski definition) is 0. The van der Waals surface area contributed by atoms with Gasteiger partial charge in [-0.2, -0.15) is 0 Å². The standard InChI is InChI=1S/C14H22O2/c1-5-12-6-8-13(9-7-12)16-11-10-14(2,3)15-4/h6-9H,5,10-11H2,1-4H3. The van der Waals surface area contributed by atoms with Crippen LogP contribution in [-0.2, 0) is 11.2 Å². The van der Waals surface area contributed by atoms with Crippen LogP contribution in [0.2, 0.25) is 0 Å². The van der Waals surface area contributed by atoms with Crippen molar-refractivity contribution in [3.8, 4) is 5.75 Å². The number of methoxy groups -OCH3 is 1. The smallest absolute Gasteiger partial charge is 0.119 e. The van der Waals surface area contributed by atoms with Crippen LogP contribution in [0.15, 0.2) is 24.3 Å². The fourth-order valence-electron chi connectivity index (χ4n) is 1.34. The van der Waals surface area contributed by atoms with Crippen LogP contribution < -0.4 is 4.74 Å². The van der Waals surface area contributed by atoms with E-state index in [4.69, 9.17) is 9.47 Å². The zero-order valence-corrected chi connectivity index (χ0v) is 10.7. The van der Waals surface area contributed by atoms with Crippen LogP contribution in [0.1, 0.15) is 32.8 Å². The Kier molecular flexibility index (Phi) is 4.81. The number of ether oxygens (including phenoxy) is 2. The van der Waals surface area contributed by atoms with Crippen molar-refractivity contribution in [3.63, 3.8) is 0 Å². The summed E-state index contributed by atoms with van der Waals surface area (Å²) in [4.78, 5) is 0. The van der Waals surface area contributed by atoms with E-state index in [1.165, 1.54) is 5.56 Å². The summed E-state index contributed by atoms with van der Waals surface area (Å²) in [6.07, 6.45) is 1.95. The molecule has 1 aromatic carbocycles. The Balaban J connectivity index is 2.37. The van der Waals surface area contributed by atoms with Crippen molar-refractivity contribution in [1.82, 2.24) is 0 Å². The van der Waals surface area contributed by atoms with E-state index in [1.54, 1.807) is 7.11 Å². The molecule has 0 aliphatic carbocycles. The minimum atomic E-state index is -0.108. The third-order valence-corrected chi connectivity index (χ3v) is 2.86. The molecule has 0 saturated heterocycles. The second-order valence-corrected chi connectivity index (χ2v) is 4.56. The molecular weight excluding hydrogens is 200 g/mol. The minimum Gasteiger partial charge on any atom is -0.493 e. The molecule has 0 heterocycles. The van der Waals surface area contributed by atoms with Gasteiger partial charge in [-0.1, -0.05) is 19.1 Å². The first-order chi connectivity index (χ1) is 7.57. The van der Waals surface area contributed by atoms with E-state index in [0.29, 0.717) is 6.61 Å². The van der Waals surface area contributed by atoms with Crippen molar-refractivity contribution in [2.45, 2.75) is 39.2 Å². The molecule has 2 nitrogen and oxygen atoms in total. The van der Waals surface area contributed by atoms with Gasteiger partial charge < -0.3 is 9.47 Å². The topological polar surface area (TPSA) is 18.5 Å². The van der Waals surface area contributed by atoms with E-state index in [0.717, 1.165) is 18.6 Å². The normalized spacial score (nSPS) is 11.5. The number of hydrogen-bond acceptors (Lipinski definition) is 2. The Morgan fingerprint density at radius 3 is 2.25 bits per heavy atom. The molecule has 0 aliphatic heterocycles. The van der Waals surface area contributed by atoms with Gasteiger partial charge in [0.1, 0.15) is 5.75 Å². The van der Waals surface area contributed by atoms with Gasteiger partial charge in [0, 0.05) is 13.5 Å². The molecule has 0 radical (unpaired) electrons. The summed E-state index contributed by atoms with van der Waals surface area (Å²) >= 11 is 0. The number of benzene rings is 1. The molecule has 0 fully saturated rings. The van der Waals surface area contributed by atoms with Gasteiger partial charge in [0.25, 0.3) is 0 Å². The van der Waals surface area contributed by atoms with Crippen LogP contribution in [0.5, 0.6) is 5.75 Å². The molecule has 0 saturated carbocycles. The van der Waals surface area contributed by atoms with Crippen molar-refractivity contribution >= 4 is 0 Å². The molecule has 1 aromatic rings. The molecule has 0 bridgehead atoms. The SMILES string of the molecule is CCc1ccc(OCCC(C)(C)OC)cc1. The first-order valence-electron chi connectivity index (χ1n) is 5.84. The van der Waals surface area contributed by atoms with E-state index in [9.17, 15) is 0 Å². The maximum atomic E-state index is 5.66. The van der Waals surface area contributed by atoms with Crippen molar-refractivity contribution in [1.29, 1.82) is 0 Å². The lowest BCUT2D eigenvalue weighted by Crippen LogP contribution is -2.25. The third-order valence-electron chi connectivity index (χ3n) is 2.86. The molecule has 0 amide bonds. The van der Waals surface area contributed by atoms with Crippen LogP contribution in [0.3, 0.4) is 0 Å². The summed E-state index contributed by atoms with van der Waals surface area (Å²) in [5, 5.41) is 0. The predicted molar refractivity (Wildman–Crippen MR) is 67.0 cm³/mol. The van der Waals surface area contributed by atoms with E-state index in [1.807, 2.05) is 12.1 Å². The highest BCUT2D eigenvalue weighted by Gasteiger charge is 2.15. The van der Waals surface area contributed by atoms with Crippen molar-refractivity contribution in [2.75, 3.05) is 13.7 Å². The molecular formula is C14H22O2. The van der Waals surface area contributed by atoms with Gasteiger partial charge in [0.15, 0.2) is 0 Å². The Morgan fingerprint density at radius 1 is 1.12 bits per heavy atom. The largest absolute Gasteiger partial charge is 0.493 e. The van der Waals surface area contributed by atoms with Gasteiger partial charge in [0.2, 0.25) is 0 Å². The molecule has 16 heavy (non-hydrogen) atoms. The summed E-state index contributed by atoms with van der Waals surface area (Å²) in [7, 11) is 1.73. The van der Waals surface area contributed by atoms with E-state index < -0.39 is 0 Å². The highest BCUT2D eigenvalue weighted by molar-refractivity contribution is 5.27. The molecule has 90 valence electrons. The summed E-state index contributed by atoms with van der Waals surface area (Å²) in [5.74, 6) is 0.934. The van der Waals surface area contributed by atoms with Gasteiger partial charge in [0.05, 0.1) is 12.2 Å². The zero-order valence-electron chi connectivity index (χ0n) is 10.7. The number of aryl methyl sites for hydroxylation is 1. The van der Waals surface area contributed by atoms with Crippen LogP contribution in [0.25, 0.3) is 0 Å². The maximum absolute atomic E-state index is 5.66. The van der Waals surface area contributed by atoms with Crippen molar-refractivity contribution in [2.24, 2.45) is 0 Å². The molecule has 0 N–H and O–H groups in total. The van der Waals surface area contributed by atoms with E-state index in [-0.39, 0.29) is 5.60 Å². The van der Waals surface area contributed by atoms with Crippen LogP contribution in [-0.4, -0.2) is 19.3 Å². The Morgan fingerprint density at radius 2 is 1.75 bits per heavy atom. The average molecular weight is 222 g/mol. The van der Waals surface area contributed by atoms with Gasteiger partial charge >= 0.3 is 0 Å². The van der Waals surface area contributed by atoms with Crippen LogP contribution >= 0.6 is 0 Å². The summed E-state index contributed by atoms with van der Waals surface area (Å²) in [6.45, 7) is 6.97. The highest BCUT2D eigenvalue weighted by atomic mass is 16.5. The lowest BCUT2D eigenvalue weighted by atomic mass is 10.1. The lowest BCUT2D eigenvalue weighted by Gasteiger charge is -2.22. The first-order valence-corrected chi connectivity index (χ1v) is 5.84. The first kappa shape index (κ1) is 13.0. The fourth-order valence-corrected chi connectivity index (χ4v) is 1.34. The second-order valence-electron chi connectivity index (χ2n) is 4.56. The quantitative estimate of drug-likeness (QED) is 0.734. The lowest BCUT2D eigenvalue weighted by molar-refractivity contribution is 0.00545. The summed E-state index contributed by atoms with van der Waals surface area (Å²) < 4.78 is 11.0. The second kappa shape index (κ2) is 5.90. The summed E-state index contributed by atoms with van der Waals surface area (Å²) in [6, 6.07) is 8.27. The average Bonchev–Trinajstić information content (AvgIpc) is 2.30. The molecule has 0 unspecified atom stereocenters. The highest BCUT2D eigenvalue weighted by Crippen LogP contribution is 2.16. The van der Waals surface area contributed by atoms with Crippen LogP contribution in [0.4, 0.5) is 0 Å². The van der Waals surface area contributed by atoms with Crippen molar-refractivity contribution < 1.29 is 9.47 Å². The Hall–Kier alpha value is -1.02. The molecule has 1 rings (SSSR count). The van der Waals surface area contributed by atoms with Gasteiger partial charge in [-0.05, 0) is 38.0 Å². The third kappa shape index (κ3) is 4.23. The van der Waals surface area contributed by atoms with E-state index in [2.05, 4.69) is 32.9 Å². The van der Waals surface area contributed by atoms with Crippen molar-refractivity contribution in [3.05, 3.63) is 29.8 Å². The minimum absolute atomic E-state index is 0.108. The van der Waals surface area contributed by atoms with Crippen LogP contribution in [0, 0.1) is 0 Å². The molecule has 2 heteroatoms. The number of rotatable bonds is 6. The maximum Gasteiger partial charge on any atom is 0.119 e. The fraction of sp³-hybridized carbons (Fsp3) is 0.571. The molecule has 0 spiro atoms.